The molecule has 6 aromatic rings. The summed E-state index contributed by atoms with van der Waals surface area (Å²) >= 11 is 11.7. The van der Waals surface area contributed by atoms with Gasteiger partial charge in [-0.25, -0.2) is 0 Å². The van der Waals surface area contributed by atoms with Crippen LogP contribution in [-0.2, 0) is 0 Å². The normalized spacial score (nSPS) is 11.9. The van der Waals surface area contributed by atoms with Gasteiger partial charge < -0.3 is 4.74 Å². The van der Waals surface area contributed by atoms with E-state index < -0.39 is 0 Å². The van der Waals surface area contributed by atoms with Crippen molar-refractivity contribution < 1.29 is 4.74 Å². The Morgan fingerprint density at radius 2 is 1.43 bits per heavy atom. The van der Waals surface area contributed by atoms with E-state index in [1.165, 1.54) is 41.7 Å². The summed E-state index contributed by atoms with van der Waals surface area (Å²) < 4.78 is 9.62. The maximum atomic E-state index is 6.37. The van der Waals surface area contributed by atoms with E-state index in [1.807, 2.05) is 29.5 Å². The number of fused-ring (bicyclic) bond motifs is 3. The molecule has 0 aliphatic rings. The molecule has 0 atom stereocenters. The van der Waals surface area contributed by atoms with Crippen molar-refractivity contribution in [2.24, 2.45) is 0 Å². The Kier molecular flexibility index (Phi) is 3.61. The van der Waals surface area contributed by atoms with Crippen molar-refractivity contribution in [3.63, 3.8) is 0 Å². The molecule has 0 aliphatic carbocycles. The third-order valence-corrected chi connectivity index (χ3v) is 7.24. The number of rotatable bonds is 2. The minimum absolute atomic E-state index is 0.585. The SMILES string of the molecule is Clc1cccc(Br)c1Oc1cc2sc3cccc4c5ccccc5c(c1)c2c34. The van der Waals surface area contributed by atoms with Crippen molar-refractivity contribution >= 4 is 80.6 Å². The molecular formula is C24H12BrClOS. The maximum Gasteiger partial charge on any atom is 0.160 e. The summed E-state index contributed by atoms with van der Waals surface area (Å²) in [4.78, 5) is 0. The second-order valence-corrected chi connectivity index (χ2v) is 9.17. The molecule has 0 N–H and O–H groups in total. The standard InChI is InChI=1S/C24H12BrClOS/c25-18-8-4-9-19(26)24(18)27-13-11-17-15-6-2-1-5-14(15)16-7-3-10-20-22(16)23(17)21(12-13)28-20/h1-12H. The van der Waals surface area contributed by atoms with Gasteiger partial charge >= 0.3 is 0 Å². The van der Waals surface area contributed by atoms with Crippen LogP contribution in [0, 0.1) is 0 Å². The highest BCUT2D eigenvalue weighted by Crippen LogP contribution is 2.47. The van der Waals surface area contributed by atoms with Gasteiger partial charge in [0.1, 0.15) is 5.75 Å². The molecule has 0 saturated heterocycles. The summed E-state index contributed by atoms with van der Waals surface area (Å²) in [7, 11) is 0. The molecule has 4 heteroatoms. The minimum atomic E-state index is 0.585. The minimum Gasteiger partial charge on any atom is -0.455 e. The second-order valence-electron chi connectivity index (χ2n) is 6.82. The van der Waals surface area contributed by atoms with Gasteiger partial charge in [-0.15, -0.1) is 11.3 Å². The van der Waals surface area contributed by atoms with Crippen LogP contribution in [0.1, 0.15) is 0 Å². The van der Waals surface area contributed by atoms with Gasteiger partial charge in [-0.1, -0.05) is 54.1 Å². The molecule has 1 aromatic heterocycles. The Morgan fingerprint density at radius 3 is 2.25 bits per heavy atom. The fraction of sp³-hybridized carbons (Fsp3) is 0. The molecule has 1 nitrogen and oxygen atoms in total. The van der Waals surface area contributed by atoms with Crippen molar-refractivity contribution in [1.82, 2.24) is 0 Å². The van der Waals surface area contributed by atoms with E-state index in [1.54, 1.807) is 0 Å². The number of halogens is 2. The Balaban J connectivity index is 1.72. The highest BCUT2D eigenvalue weighted by Gasteiger charge is 2.17. The Hall–Kier alpha value is -2.33. The number of hydrogen-bond acceptors (Lipinski definition) is 2. The van der Waals surface area contributed by atoms with Crippen LogP contribution < -0.4 is 4.74 Å². The van der Waals surface area contributed by atoms with Crippen molar-refractivity contribution in [2.45, 2.75) is 0 Å². The Labute approximate surface area is 178 Å². The first-order valence-electron chi connectivity index (χ1n) is 8.91. The van der Waals surface area contributed by atoms with Crippen LogP contribution in [0.3, 0.4) is 0 Å². The monoisotopic (exact) mass is 462 g/mol. The summed E-state index contributed by atoms with van der Waals surface area (Å²) in [6, 6.07) is 25.1. The molecule has 0 amide bonds. The van der Waals surface area contributed by atoms with Crippen molar-refractivity contribution in [3.8, 4) is 11.5 Å². The largest absolute Gasteiger partial charge is 0.455 e. The zero-order valence-corrected chi connectivity index (χ0v) is 17.7. The maximum absolute atomic E-state index is 6.37. The first-order valence-corrected chi connectivity index (χ1v) is 10.9. The van der Waals surface area contributed by atoms with Crippen molar-refractivity contribution in [2.75, 3.05) is 0 Å². The van der Waals surface area contributed by atoms with E-state index in [9.17, 15) is 0 Å². The van der Waals surface area contributed by atoms with Crippen LogP contribution in [-0.4, -0.2) is 0 Å². The number of benzene rings is 5. The Morgan fingerprint density at radius 1 is 0.714 bits per heavy atom. The lowest BCUT2D eigenvalue weighted by Crippen LogP contribution is -1.88. The quantitative estimate of drug-likeness (QED) is 0.233. The molecule has 0 saturated carbocycles. The average Bonchev–Trinajstić information content (AvgIpc) is 3.09. The van der Waals surface area contributed by atoms with Gasteiger partial charge in [0.25, 0.3) is 0 Å². The molecule has 1 heterocycles. The first-order chi connectivity index (χ1) is 13.7. The van der Waals surface area contributed by atoms with E-state index in [4.69, 9.17) is 16.3 Å². The van der Waals surface area contributed by atoms with E-state index in [-0.39, 0.29) is 0 Å². The van der Waals surface area contributed by atoms with Gasteiger partial charge in [-0.05, 0) is 67.8 Å². The molecule has 28 heavy (non-hydrogen) atoms. The van der Waals surface area contributed by atoms with Gasteiger partial charge in [0, 0.05) is 20.2 Å². The fourth-order valence-corrected chi connectivity index (χ4v) is 6.03. The molecule has 0 bridgehead atoms. The third-order valence-electron chi connectivity index (χ3n) is 5.22. The molecule has 0 spiro atoms. The smallest absolute Gasteiger partial charge is 0.160 e. The van der Waals surface area contributed by atoms with Crippen LogP contribution in [0.4, 0.5) is 0 Å². The third kappa shape index (κ3) is 2.30. The molecule has 134 valence electrons. The molecular weight excluding hydrogens is 452 g/mol. The molecule has 0 unspecified atom stereocenters. The Bertz CT molecular complexity index is 1500. The van der Waals surface area contributed by atoms with Gasteiger partial charge in [-0.3, -0.25) is 0 Å². The highest BCUT2D eigenvalue weighted by molar-refractivity contribution is 9.10. The number of ether oxygens (including phenoxy) is 1. The fourth-order valence-electron chi connectivity index (χ4n) is 4.07. The van der Waals surface area contributed by atoms with Gasteiger partial charge in [0.15, 0.2) is 5.75 Å². The van der Waals surface area contributed by atoms with E-state index in [0.717, 1.165) is 10.2 Å². The number of thiophene rings is 1. The number of hydrogen-bond donors (Lipinski definition) is 0. The molecule has 5 aromatic carbocycles. The zero-order chi connectivity index (χ0) is 18.8. The number of para-hydroxylation sites is 1. The lowest BCUT2D eigenvalue weighted by atomic mass is 9.94. The highest BCUT2D eigenvalue weighted by atomic mass is 79.9. The first kappa shape index (κ1) is 16.6. The van der Waals surface area contributed by atoms with Gasteiger partial charge in [-0.2, -0.15) is 0 Å². The lowest BCUT2D eigenvalue weighted by molar-refractivity contribution is 0.481. The summed E-state index contributed by atoms with van der Waals surface area (Å²) in [5, 5.41) is 8.31. The van der Waals surface area contributed by atoms with E-state index >= 15 is 0 Å². The van der Waals surface area contributed by atoms with Crippen molar-refractivity contribution in [1.29, 1.82) is 0 Å². The van der Waals surface area contributed by atoms with Crippen LogP contribution >= 0.6 is 38.9 Å². The molecule has 6 rings (SSSR count). The summed E-state index contributed by atoms with van der Waals surface area (Å²) in [6.45, 7) is 0. The molecule has 0 aliphatic heterocycles. The zero-order valence-electron chi connectivity index (χ0n) is 14.5. The lowest BCUT2D eigenvalue weighted by Gasteiger charge is -2.13. The van der Waals surface area contributed by atoms with Crippen LogP contribution in [0.15, 0.2) is 77.3 Å². The van der Waals surface area contributed by atoms with E-state index in [2.05, 4.69) is 70.5 Å². The molecule has 0 radical (unpaired) electrons. The van der Waals surface area contributed by atoms with Crippen LogP contribution in [0.25, 0.3) is 41.7 Å². The predicted octanol–water partition coefficient (Wildman–Crippen LogP) is 9.01. The van der Waals surface area contributed by atoms with Gasteiger partial charge in [0.05, 0.1) is 9.50 Å². The summed E-state index contributed by atoms with van der Waals surface area (Å²) in [6.07, 6.45) is 0. The summed E-state index contributed by atoms with van der Waals surface area (Å²) in [5.41, 5.74) is 0. The second kappa shape index (κ2) is 6.08. The van der Waals surface area contributed by atoms with Gasteiger partial charge in [0.2, 0.25) is 0 Å². The topological polar surface area (TPSA) is 9.23 Å². The van der Waals surface area contributed by atoms with Crippen molar-refractivity contribution in [3.05, 3.63) is 82.3 Å². The molecule has 0 fully saturated rings. The predicted molar refractivity (Wildman–Crippen MR) is 125 cm³/mol. The average molecular weight is 464 g/mol. The van der Waals surface area contributed by atoms with E-state index in [0.29, 0.717) is 10.8 Å². The van der Waals surface area contributed by atoms with Crippen LogP contribution in [0.2, 0.25) is 5.02 Å². The van der Waals surface area contributed by atoms with Crippen LogP contribution in [0.5, 0.6) is 11.5 Å². The summed E-state index contributed by atoms with van der Waals surface area (Å²) in [5.74, 6) is 1.43.